The minimum atomic E-state index is -0.393. The summed E-state index contributed by atoms with van der Waals surface area (Å²) in [6.07, 6.45) is 3.68. The van der Waals surface area contributed by atoms with Gasteiger partial charge in [0, 0.05) is 6.07 Å². The fourth-order valence-electron chi connectivity index (χ4n) is 3.49. The average Bonchev–Trinajstić information content (AvgIpc) is 2.64. The van der Waals surface area contributed by atoms with Crippen LogP contribution in [-0.4, -0.2) is 31.2 Å². The molecule has 0 unspecified atom stereocenters. The van der Waals surface area contributed by atoms with E-state index >= 15 is 0 Å². The van der Waals surface area contributed by atoms with Crippen LogP contribution in [0.2, 0.25) is 0 Å². The summed E-state index contributed by atoms with van der Waals surface area (Å²) in [5, 5.41) is 10.8. The molecule has 1 saturated heterocycles. The van der Waals surface area contributed by atoms with Gasteiger partial charge in [0.2, 0.25) is 0 Å². The normalized spacial score (nSPS) is 20.2. The Morgan fingerprint density at radius 2 is 1.84 bits per heavy atom. The summed E-state index contributed by atoms with van der Waals surface area (Å²) in [5.74, 6) is 1.36. The number of hydrogen-bond acceptors (Lipinski definition) is 3. The zero-order chi connectivity index (χ0) is 17.5. The number of rotatable bonds is 7. The Morgan fingerprint density at radius 1 is 1.08 bits per heavy atom. The van der Waals surface area contributed by atoms with Crippen molar-refractivity contribution in [1.29, 1.82) is 0 Å². The third-order valence-corrected chi connectivity index (χ3v) is 4.93. The molecule has 5 nitrogen and oxygen atoms in total. The molecule has 25 heavy (non-hydrogen) atoms. The Morgan fingerprint density at radius 3 is 2.56 bits per heavy atom. The zero-order valence-corrected chi connectivity index (χ0v) is 14.4. The van der Waals surface area contributed by atoms with Crippen molar-refractivity contribution < 1.29 is 14.6 Å². The highest BCUT2D eigenvalue weighted by atomic mass is 16.6. The van der Waals surface area contributed by atoms with E-state index in [4.69, 9.17) is 4.74 Å². The van der Waals surface area contributed by atoms with Gasteiger partial charge in [-0.1, -0.05) is 36.4 Å². The number of quaternary nitrogens is 1. The second-order valence-corrected chi connectivity index (χ2v) is 6.74. The fourth-order valence-corrected chi connectivity index (χ4v) is 3.49. The molecule has 1 heterocycles. The second kappa shape index (κ2) is 8.62. The van der Waals surface area contributed by atoms with E-state index in [1.165, 1.54) is 50.0 Å². The summed E-state index contributed by atoms with van der Waals surface area (Å²) >= 11 is 0. The number of piperidine rings is 1. The quantitative estimate of drug-likeness (QED) is 0.622. The van der Waals surface area contributed by atoms with E-state index in [1.807, 2.05) is 0 Å². The summed E-state index contributed by atoms with van der Waals surface area (Å²) in [6.45, 7) is 3.90. The van der Waals surface area contributed by atoms with E-state index in [-0.39, 0.29) is 5.69 Å². The van der Waals surface area contributed by atoms with Gasteiger partial charge in [-0.3, -0.25) is 10.1 Å². The zero-order valence-electron chi connectivity index (χ0n) is 14.4. The number of nitrogens with zero attached hydrogens (tertiary/aromatic N) is 1. The van der Waals surface area contributed by atoms with Crippen molar-refractivity contribution in [3.8, 4) is 5.75 Å². The molecule has 2 aromatic rings. The van der Waals surface area contributed by atoms with Gasteiger partial charge in [0.15, 0.2) is 0 Å². The van der Waals surface area contributed by atoms with E-state index in [9.17, 15) is 10.1 Å². The molecule has 0 aliphatic carbocycles. The minimum Gasteiger partial charge on any atom is -0.487 e. The van der Waals surface area contributed by atoms with Crippen LogP contribution < -0.4 is 9.64 Å². The second-order valence-electron chi connectivity index (χ2n) is 6.74. The summed E-state index contributed by atoms with van der Waals surface area (Å²) < 4.78 is 5.70. The molecular weight excluding hydrogens is 316 g/mol. The van der Waals surface area contributed by atoms with Gasteiger partial charge in [0.1, 0.15) is 18.9 Å². The van der Waals surface area contributed by atoms with Gasteiger partial charge >= 0.3 is 0 Å². The molecule has 1 aliphatic rings. The highest BCUT2D eigenvalue weighted by Crippen LogP contribution is 2.19. The summed E-state index contributed by atoms with van der Waals surface area (Å²) in [4.78, 5) is 12.0. The first-order valence-electron chi connectivity index (χ1n) is 8.95. The third-order valence-electron chi connectivity index (χ3n) is 4.93. The predicted octanol–water partition coefficient (Wildman–Crippen LogP) is 2.51. The van der Waals surface area contributed by atoms with E-state index < -0.39 is 4.92 Å². The molecule has 1 N–H and O–H groups in total. The van der Waals surface area contributed by atoms with Gasteiger partial charge in [-0.05, 0) is 36.8 Å². The maximum atomic E-state index is 10.8. The van der Waals surface area contributed by atoms with E-state index in [0.29, 0.717) is 12.4 Å². The van der Waals surface area contributed by atoms with Gasteiger partial charge in [0.25, 0.3) is 5.69 Å². The van der Waals surface area contributed by atoms with Crippen molar-refractivity contribution in [3.63, 3.8) is 0 Å². The molecule has 0 spiro atoms. The number of ether oxygens (including phenoxy) is 1. The van der Waals surface area contributed by atoms with Crippen molar-refractivity contribution >= 4 is 5.69 Å². The first kappa shape index (κ1) is 17.4. The molecule has 132 valence electrons. The van der Waals surface area contributed by atoms with Gasteiger partial charge in [-0.25, -0.2) is 0 Å². The smallest absolute Gasteiger partial charge is 0.273 e. The van der Waals surface area contributed by atoms with Gasteiger partial charge in [0.05, 0.1) is 24.1 Å². The van der Waals surface area contributed by atoms with Crippen molar-refractivity contribution in [1.82, 2.24) is 0 Å². The SMILES string of the molecule is O=[N+]([O-])c1cccc(OCC[NH+]2CCC(Cc3ccccc3)CC2)c1. The molecule has 0 bridgehead atoms. The first-order valence-corrected chi connectivity index (χ1v) is 8.95. The van der Waals surface area contributed by atoms with Crippen LogP contribution in [0.15, 0.2) is 54.6 Å². The number of nitro benzene ring substituents is 1. The van der Waals surface area contributed by atoms with E-state index in [0.717, 1.165) is 12.5 Å². The first-order chi connectivity index (χ1) is 12.2. The molecule has 0 amide bonds. The summed E-state index contributed by atoms with van der Waals surface area (Å²) in [6, 6.07) is 17.1. The maximum absolute atomic E-state index is 10.8. The van der Waals surface area contributed by atoms with Crippen molar-refractivity contribution in [2.45, 2.75) is 19.3 Å². The van der Waals surface area contributed by atoms with Crippen LogP contribution in [0.4, 0.5) is 5.69 Å². The van der Waals surface area contributed by atoms with E-state index in [2.05, 4.69) is 30.3 Å². The molecule has 1 fully saturated rings. The molecule has 0 aromatic heterocycles. The van der Waals surface area contributed by atoms with Crippen LogP contribution in [-0.2, 0) is 6.42 Å². The summed E-state index contributed by atoms with van der Waals surface area (Å²) in [5.41, 5.74) is 1.51. The average molecular weight is 341 g/mol. The largest absolute Gasteiger partial charge is 0.487 e. The van der Waals surface area contributed by atoms with Crippen molar-refractivity contribution in [2.75, 3.05) is 26.2 Å². The van der Waals surface area contributed by atoms with Crippen LogP contribution in [0.25, 0.3) is 0 Å². The third kappa shape index (κ3) is 5.29. The molecule has 0 saturated carbocycles. The Bertz CT molecular complexity index is 682. The molecular formula is C20H25N2O3+. The van der Waals surface area contributed by atoms with Gasteiger partial charge in [-0.2, -0.15) is 0 Å². The van der Waals surface area contributed by atoms with Gasteiger partial charge in [-0.15, -0.1) is 0 Å². The molecule has 2 aromatic carbocycles. The predicted molar refractivity (Wildman–Crippen MR) is 97.0 cm³/mol. The van der Waals surface area contributed by atoms with E-state index in [1.54, 1.807) is 17.0 Å². The number of hydrogen-bond donors (Lipinski definition) is 1. The fraction of sp³-hybridized carbons (Fsp3) is 0.400. The highest BCUT2D eigenvalue weighted by Gasteiger charge is 2.22. The number of nitro groups is 1. The molecule has 5 heteroatoms. The standard InChI is InChI=1S/C20H24N2O3/c23-22(24)19-7-4-8-20(16-19)25-14-13-21-11-9-18(10-12-21)15-17-5-2-1-3-6-17/h1-8,16,18H,9-15H2/p+1. The topological polar surface area (TPSA) is 56.8 Å². The number of likely N-dealkylation sites (tertiary alicyclic amines) is 1. The number of non-ortho nitro benzene ring substituents is 1. The number of benzene rings is 2. The lowest BCUT2D eigenvalue weighted by atomic mass is 9.90. The minimum absolute atomic E-state index is 0.0755. The Kier molecular flexibility index (Phi) is 6.01. The van der Waals surface area contributed by atoms with Crippen molar-refractivity contribution in [3.05, 3.63) is 70.3 Å². The van der Waals surface area contributed by atoms with Gasteiger partial charge < -0.3 is 9.64 Å². The molecule has 0 radical (unpaired) electrons. The van der Waals surface area contributed by atoms with Crippen LogP contribution in [0, 0.1) is 16.0 Å². The highest BCUT2D eigenvalue weighted by molar-refractivity contribution is 5.37. The number of nitrogens with one attached hydrogen (secondary N) is 1. The monoisotopic (exact) mass is 341 g/mol. The Balaban J connectivity index is 1.38. The lowest BCUT2D eigenvalue weighted by Gasteiger charge is -2.29. The Hall–Kier alpha value is -2.40. The van der Waals surface area contributed by atoms with Crippen molar-refractivity contribution in [2.24, 2.45) is 5.92 Å². The maximum Gasteiger partial charge on any atom is 0.273 e. The molecule has 1 aliphatic heterocycles. The molecule has 3 rings (SSSR count). The summed E-state index contributed by atoms with van der Waals surface area (Å²) in [7, 11) is 0. The van der Waals surface area contributed by atoms with Crippen LogP contribution >= 0.6 is 0 Å². The molecule has 0 atom stereocenters. The van der Waals surface area contributed by atoms with Crippen LogP contribution in [0.1, 0.15) is 18.4 Å². The Labute approximate surface area is 148 Å². The lowest BCUT2D eigenvalue weighted by Crippen LogP contribution is -3.13. The van der Waals surface area contributed by atoms with Crippen LogP contribution in [0.5, 0.6) is 5.75 Å². The lowest BCUT2D eigenvalue weighted by molar-refractivity contribution is -0.906. The van der Waals surface area contributed by atoms with Crippen LogP contribution in [0.3, 0.4) is 0 Å².